The van der Waals surface area contributed by atoms with Gasteiger partial charge in [0.15, 0.2) is 6.10 Å². The average Bonchev–Trinajstić information content (AvgIpc) is 2.72. The highest BCUT2D eigenvalue weighted by Crippen LogP contribution is 2.29. The maximum Gasteiger partial charge on any atom is 0.331 e. The maximum absolute atomic E-state index is 12.2. The molecule has 2 aromatic rings. The Balaban J connectivity index is 1.97. The van der Waals surface area contributed by atoms with Gasteiger partial charge in [0.25, 0.3) is 11.6 Å². The largest absolute Gasteiger partial charge is 0.494 e. The summed E-state index contributed by atoms with van der Waals surface area (Å²) in [6.07, 6.45) is 1.54. The number of amides is 1. The van der Waals surface area contributed by atoms with Gasteiger partial charge in [0.1, 0.15) is 5.75 Å². The van der Waals surface area contributed by atoms with E-state index in [1.165, 1.54) is 38.3 Å². The number of non-ortho nitro benzene ring substituents is 1. The summed E-state index contributed by atoms with van der Waals surface area (Å²) in [5.41, 5.74) is 1.21. The zero-order valence-electron chi connectivity index (χ0n) is 15.6. The van der Waals surface area contributed by atoms with Crippen LogP contribution in [0.2, 0.25) is 0 Å². The first-order chi connectivity index (χ1) is 13.8. The maximum atomic E-state index is 12.2. The van der Waals surface area contributed by atoms with Crippen molar-refractivity contribution in [3.05, 3.63) is 69.8 Å². The van der Waals surface area contributed by atoms with E-state index in [2.05, 4.69) is 5.32 Å². The fourth-order valence-corrected chi connectivity index (χ4v) is 2.23. The van der Waals surface area contributed by atoms with Crippen LogP contribution in [-0.2, 0) is 14.3 Å². The number of hydrogen-bond donors (Lipinski definition) is 1. The summed E-state index contributed by atoms with van der Waals surface area (Å²) in [5.74, 6) is -1.25. The van der Waals surface area contributed by atoms with Gasteiger partial charge in [-0.1, -0.05) is 12.1 Å². The standard InChI is InChI=1S/C20H17N3O6/c1-13(29-19(24)10-7-14-3-5-15(12-21)6-4-14)20(25)22-17-9-8-16(23(26)27)11-18(17)28-2/h3-11,13H,1-2H3,(H,22,25)/b10-7+/t13-/m1/s1. The summed E-state index contributed by atoms with van der Waals surface area (Å²) < 4.78 is 10.1. The topological polar surface area (TPSA) is 132 Å². The molecule has 1 N–H and O–H groups in total. The van der Waals surface area contributed by atoms with Gasteiger partial charge in [-0.2, -0.15) is 5.26 Å². The molecule has 1 atom stereocenters. The molecule has 0 saturated heterocycles. The normalized spacial score (nSPS) is 11.3. The molecule has 0 aliphatic carbocycles. The number of nitro groups is 1. The third-order valence-corrected chi connectivity index (χ3v) is 3.77. The molecule has 0 bridgehead atoms. The number of methoxy groups -OCH3 is 1. The van der Waals surface area contributed by atoms with Crippen LogP contribution in [0.4, 0.5) is 11.4 Å². The van der Waals surface area contributed by atoms with E-state index < -0.39 is 22.9 Å². The summed E-state index contributed by atoms with van der Waals surface area (Å²) in [7, 11) is 1.31. The zero-order chi connectivity index (χ0) is 21.4. The molecular formula is C20H17N3O6. The monoisotopic (exact) mass is 395 g/mol. The number of esters is 1. The smallest absolute Gasteiger partial charge is 0.331 e. The fraction of sp³-hybridized carbons (Fsp3) is 0.150. The van der Waals surface area contributed by atoms with Crippen molar-refractivity contribution in [2.24, 2.45) is 0 Å². The molecule has 2 rings (SSSR count). The summed E-state index contributed by atoms with van der Waals surface area (Å²) in [6.45, 7) is 1.39. The van der Waals surface area contributed by atoms with Crippen molar-refractivity contribution < 1.29 is 24.0 Å². The number of anilines is 1. The molecular weight excluding hydrogens is 378 g/mol. The molecule has 29 heavy (non-hydrogen) atoms. The van der Waals surface area contributed by atoms with E-state index in [1.807, 2.05) is 6.07 Å². The lowest BCUT2D eigenvalue weighted by atomic mass is 10.1. The summed E-state index contributed by atoms with van der Waals surface area (Å²) >= 11 is 0. The molecule has 9 heteroatoms. The lowest BCUT2D eigenvalue weighted by Gasteiger charge is -2.14. The van der Waals surface area contributed by atoms with Crippen molar-refractivity contribution >= 4 is 29.3 Å². The second-order valence-electron chi connectivity index (χ2n) is 5.78. The van der Waals surface area contributed by atoms with Crippen LogP contribution in [0.15, 0.2) is 48.5 Å². The molecule has 0 aliphatic heterocycles. The van der Waals surface area contributed by atoms with Crippen LogP contribution in [0.25, 0.3) is 6.08 Å². The van der Waals surface area contributed by atoms with Crippen LogP contribution in [-0.4, -0.2) is 30.0 Å². The van der Waals surface area contributed by atoms with Crippen molar-refractivity contribution in [3.63, 3.8) is 0 Å². The lowest BCUT2D eigenvalue weighted by molar-refractivity contribution is -0.384. The first-order valence-corrected chi connectivity index (χ1v) is 8.36. The van der Waals surface area contributed by atoms with Crippen molar-refractivity contribution in [2.75, 3.05) is 12.4 Å². The Hall–Kier alpha value is -4.19. The Bertz CT molecular complexity index is 992. The first kappa shape index (κ1) is 21.1. The van der Waals surface area contributed by atoms with E-state index in [-0.39, 0.29) is 17.1 Å². The molecule has 0 spiro atoms. The molecule has 9 nitrogen and oxygen atoms in total. The number of nitro benzene ring substituents is 1. The van der Waals surface area contributed by atoms with Gasteiger partial charge in [-0.25, -0.2) is 4.79 Å². The number of nitrogens with one attached hydrogen (secondary N) is 1. The predicted molar refractivity (Wildman–Crippen MR) is 104 cm³/mol. The van der Waals surface area contributed by atoms with E-state index in [4.69, 9.17) is 14.7 Å². The quantitative estimate of drug-likeness (QED) is 0.330. The van der Waals surface area contributed by atoms with E-state index in [9.17, 15) is 19.7 Å². The molecule has 0 fully saturated rings. The number of hydrogen-bond acceptors (Lipinski definition) is 7. The molecule has 0 radical (unpaired) electrons. The highest BCUT2D eigenvalue weighted by molar-refractivity contribution is 5.97. The van der Waals surface area contributed by atoms with E-state index in [0.717, 1.165) is 6.08 Å². The van der Waals surface area contributed by atoms with Crippen molar-refractivity contribution in [1.82, 2.24) is 0 Å². The van der Waals surface area contributed by atoms with E-state index >= 15 is 0 Å². The molecule has 0 saturated carbocycles. The summed E-state index contributed by atoms with van der Waals surface area (Å²) in [5, 5.41) is 22.1. The average molecular weight is 395 g/mol. The Morgan fingerprint density at radius 1 is 1.24 bits per heavy atom. The van der Waals surface area contributed by atoms with Crippen LogP contribution in [0.5, 0.6) is 5.75 Å². The van der Waals surface area contributed by atoms with Gasteiger partial charge >= 0.3 is 5.97 Å². The van der Waals surface area contributed by atoms with Gasteiger partial charge in [0.05, 0.1) is 35.4 Å². The minimum atomic E-state index is -1.12. The Morgan fingerprint density at radius 2 is 1.93 bits per heavy atom. The van der Waals surface area contributed by atoms with Crippen LogP contribution in [0, 0.1) is 21.4 Å². The van der Waals surface area contributed by atoms with Crippen LogP contribution in [0.1, 0.15) is 18.1 Å². The minimum absolute atomic E-state index is 0.104. The molecule has 0 unspecified atom stereocenters. The summed E-state index contributed by atoms with van der Waals surface area (Å²) in [6, 6.07) is 12.3. The Labute approximate surface area is 166 Å². The number of ether oxygens (including phenoxy) is 2. The third kappa shape index (κ3) is 5.90. The van der Waals surface area contributed by atoms with Gasteiger partial charge < -0.3 is 14.8 Å². The van der Waals surface area contributed by atoms with Crippen LogP contribution in [0.3, 0.4) is 0 Å². The van der Waals surface area contributed by atoms with Crippen molar-refractivity contribution in [1.29, 1.82) is 5.26 Å². The fourth-order valence-electron chi connectivity index (χ4n) is 2.23. The Kier molecular flexibility index (Phi) is 7.03. The van der Waals surface area contributed by atoms with Gasteiger partial charge in [0, 0.05) is 12.1 Å². The summed E-state index contributed by atoms with van der Waals surface area (Å²) in [4.78, 5) is 34.4. The number of nitriles is 1. The van der Waals surface area contributed by atoms with E-state index in [1.54, 1.807) is 24.3 Å². The highest BCUT2D eigenvalue weighted by atomic mass is 16.6. The molecule has 2 aromatic carbocycles. The van der Waals surface area contributed by atoms with Gasteiger partial charge in [-0.15, -0.1) is 0 Å². The third-order valence-electron chi connectivity index (χ3n) is 3.77. The van der Waals surface area contributed by atoms with Crippen molar-refractivity contribution in [3.8, 4) is 11.8 Å². The van der Waals surface area contributed by atoms with Crippen LogP contribution >= 0.6 is 0 Å². The second-order valence-corrected chi connectivity index (χ2v) is 5.78. The molecule has 0 aromatic heterocycles. The number of rotatable bonds is 7. The zero-order valence-corrected chi connectivity index (χ0v) is 15.6. The first-order valence-electron chi connectivity index (χ1n) is 8.36. The number of carbonyl (C=O) groups is 2. The van der Waals surface area contributed by atoms with E-state index in [0.29, 0.717) is 11.1 Å². The SMILES string of the molecule is COc1cc([N+](=O)[O-])ccc1NC(=O)[C@@H](C)OC(=O)/C=C/c1ccc(C#N)cc1. The van der Waals surface area contributed by atoms with Crippen molar-refractivity contribution in [2.45, 2.75) is 13.0 Å². The lowest BCUT2D eigenvalue weighted by Crippen LogP contribution is -2.29. The Morgan fingerprint density at radius 3 is 2.52 bits per heavy atom. The molecule has 1 amide bonds. The number of benzene rings is 2. The van der Waals surface area contributed by atoms with Gasteiger partial charge in [-0.05, 0) is 36.8 Å². The highest BCUT2D eigenvalue weighted by Gasteiger charge is 2.19. The van der Waals surface area contributed by atoms with Gasteiger partial charge in [0.2, 0.25) is 0 Å². The number of carbonyl (C=O) groups excluding carboxylic acids is 2. The van der Waals surface area contributed by atoms with Gasteiger partial charge in [-0.3, -0.25) is 14.9 Å². The second kappa shape index (κ2) is 9.66. The van der Waals surface area contributed by atoms with Crippen LogP contribution < -0.4 is 10.1 Å². The molecule has 0 heterocycles. The number of nitrogens with zero attached hydrogens (tertiary/aromatic N) is 2. The minimum Gasteiger partial charge on any atom is -0.494 e. The molecule has 0 aliphatic rings. The predicted octanol–water partition coefficient (Wildman–Crippen LogP) is 3.06. The molecule has 148 valence electrons.